The number of nitrogens with zero attached hydrogens (tertiary/aromatic N) is 4. The number of hydrogen-bond acceptors (Lipinski definition) is 4. The number of amides is 2. The summed E-state index contributed by atoms with van der Waals surface area (Å²) in [4.78, 5) is 29.6. The summed E-state index contributed by atoms with van der Waals surface area (Å²) >= 11 is 0. The maximum absolute atomic E-state index is 13.5. The first-order valence-corrected chi connectivity index (χ1v) is 11.6. The molecule has 1 aliphatic heterocycles. The molecule has 2 fully saturated rings. The fourth-order valence-corrected chi connectivity index (χ4v) is 4.22. The van der Waals surface area contributed by atoms with Crippen LogP contribution in [-0.4, -0.2) is 70.2 Å². The zero-order valence-corrected chi connectivity index (χ0v) is 18.7. The molecule has 0 unspecified atom stereocenters. The molecule has 0 spiro atoms. The van der Waals surface area contributed by atoms with Crippen LogP contribution in [0, 0.1) is 0 Å². The van der Waals surface area contributed by atoms with Crippen LogP contribution in [0.2, 0.25) is 0 Å². The van der Waals surface area contributed by atoms with Crippen molar-refractivity contribution in [2.75, 3.05) is 32.7 Å². The van der Waals surface area contributed by atoms with Gasteiger partial charge in [-0.25, -0.2) is 0 Å². The maximum Gasteiger partial charge on any atom is 0.257 e. The van der Waals surface area contributed by atoms with Crippen LogP contribution in [0.25, 0.3) is 11.3 Å². The number of benzene rings is 2. The quantitative estimate of drug-likeness (QED) is 0.610. The Hall–Kier alpha value is -3.45. The van der Waals surface area contributed by atoms with Crippen LogP contribution >= 0.6 is 0 Å². The standard InChI is InChI=1S/C26H29N5O2/c32-24(27-22-11-12-22)19-29-13-15-30(16-14-29)26(33)23-18-31(17-20-7-3-1-4-8-20)28-25(23)21-9-5-2-6-10-21/h1-10,18,22H,11-17,19H2,(H,27,32). The molecule has 7 heteroatoms. The molecular formula is C26H29N5O2. The minimum atomic E-state index is -0.00440. The predicted molar refractivity (Wildman–Crippen MR) is 127 cm³/mol. The smallest absolute Gasteiger partial charge is 0.257 e. The summed E-state index contributed by atoms with van der Waals surface area (Å²) in [6.07, 6.45) is 4.05. The SMILES string of the molecule is O=C(CN1CCN(C(=O)c2cn(Cc3ccccc3)nc2-c2ccccc2)CC1)NC1CC1. The lowest BCUT2D eigenvalue weighted by molar-refractivity contribution is -0.122. The minimum absolute atomic E-state index is 0.00440. The summed E-state index contributed by atoms with van der Waals surface area (Å²) in [5, 5.41) is 7.82. The summed E-state index contributed by atoms with van der Waals surface area (Å²) in [6, 6.07) is 20.4. The van der Waals surface area contributed by atoms with Crippen molar-refractivity contribution in [3.8, 4) is 11.3 Å². The molecule has 1 saturated carbocycles. The molecule has 7 nitrogen and oxygen atoms in total. The van der Waals surface area contributed by atoms with Crippen molar-refractivity contribution >= 4 is 11.8 Å². The van der Waals surface area contributed by atoms with E-state index in [1.54, 1.807) is 0 Å². The Bertz CT molecular complexity index is 1100. The highest BCUT2D eigenvalue weighted by Crippen LogP contribution is 2.24. The number of carbonyl (C=O) groups is 2. The van der Waals surface area contributed by atoms with Crippen molar-refractivity contribution in [1.29, 1.82) is 0 Å². The molecule has 1 aromatic heterocycles. The number of piperazine rings is 1. The van der Waals surface area contributed by atoms with Gasteiger partial charge in [0.25, 0.3) is 5.91 Å². The third kappa shape index (κ3) is 5.31. The molecule has 1 N–H and O–H groups in total. The molecule has 2 amide bonds. The van der Waals surface area contributed by atoms with Crippen LogP contribution in [0.3, 0.4) is 0 Å². The van der Waals surface area contributed by atoms with Crippen LogP contribution in [0.4, 0.5) is 0 Å². The molecule has 0 bridgehead atoms. The van der Waals surface area contributed by atoms with Gasteiger partial charge in [0.1, 0.15) is 5.69 Å². The molecule has 2 heterocycles. The molecule has 0 radical (unpaired) electrons. The van der Waals surface area contributed by atoms with Gasteiger partial charge in [-0.05, 0) is 18.4 Å². The molecule has 2 aromatic carbocycles. The van der Waals surface area contributed by atoms with Crippen LogP contribution in [0.15, 0.2) is 66.9 Å². The Morgan fingerprint density at radius 2 is 1.58 bits per heavy atom. The van der Waals surface area contributed by atoms with E-state index in [1.165, 1.54) is 0 Å². The Labute approximate surface area is 194 Å². The first-order chi connectivity index (χ1) is 16.2. The van der Waals surface area contributed by atoms with Crippen molar-refractivity contribution in [2.45, 2.75) is 25.4 Å². The molecule has 0 atom stereocenters. The number of nitrogens with one attached hydrogen (secondary N) is 1. The second kappa shape index (κ2) is 9.58. The van der Waals surface area contributed by atoms with E-state index < -0.39 is 0 Å². The van der Waals surface area contributed by atoms with Gasteiger partial charge in [-0.3, -0.25) is 19.2 Å². The van der Waals surface area contributed by atoms with E-state index in [2.05, 4.69) is 22.3 Å². The van der Waals surface area contributed by atoms with Gasteiger partial charge in [0.05, 0.1) is 18.7 Å². The van der Waals surface area contributed by atoms with E-state index in [1.807, 2.05) is 64.3 Å². The third-order valence-electron chi connectivity index (χ3n) is 6.20. The fourth-order valence-electron chi connectivity index (χ4n) is 4.22. The largest absolute Gasteiger partial charge is 0.352 e. The van der Waals surface area contributed by atoms with E-state index in [-0.39, 0.29) is 11.8 Å². The first-order valence-electron chi connectivity index (χ1n) is 11.6. The van der Waals surface area contributed by atoms with Crippen molar-refractivity contribution in [3.05, 3.63) is 78.0 Å². The zero-order chi connectivity index (χ0) is 22.6. The molecule has 5 rings (SSSR count). The van der Waals surface area contributed by atoms with E-state index in [9.17, 15) is 9.59 Å². The Morgan fingerprint density at radius 1 is 0.909 bits per heavy atom. The van der Waals surface area contributed by atoms with E-state index in [0.717, 1.165) is 24.0 Å². The number of aromatic nitrogens is 2. The molecule has 1 aliphatic carbocycles. The average molecular weight is 444 g/mol. The van der Waals surface area contributed by atoms with Gasteiger partial charge in [0, 0.05) is 44.0 Å². The Kier molecular flexibility index (Phi) is 6.21. The molecule has 170 valence electrons. The predicted octanol–water partition coefficient (Wildman–Crippen LogP) is 2.63. The fraction of sp³-hybridized carbons (Fsp3) is 0.346. The van der Waals surface area contributed by atoms with Crippen molar-refractivity contribution in [3.63, 3.8) is 0 Å². The lowest BCUT2D eigenvalue weighted by atomic mass is 10.1. The topological polar surface area (TPSA) is 70.5 Å². The van der Waals surface area contributed by atoms with E-state index in [4.69, 9.17) is 5.10 Å². The molecule has 33 heavy (non-hydrogen) atoms. The van der Waals surface area contributed by atoms with Gasteiger partial charge in [-0.1, -0.05) is 60.7 Å². The average Bonchev–Trinajstić information content (AvgIpc) is 3.56. The van der Waals surface area contributed by atoms with Crippen molar-refractivity contribution < 1.29 is 9.59 Å². The maximum atomic E-state index is 13.5. The van der Waals surface area contributed by atoms with Crippen LogP contribution < -0.4 is 5.32 Å². The number of carbonyl (C=O) groups excluding carboxylic acids is 2. The highest BCUT2D eigenvalue weighted by Gasteiger charge is 2.28. The molecule has 2 aliphatic rings. The van der Waals surface area contributed by atoms with Gasteiger partial charge in [0.15, 0.2) is 0 Å². The summed E-state index contributed by atoms with van der Waals surface area (Å²) < 4.78 is 1.85. The van der Waals surface area contributed by atoms with Crippen molar-refractivity contribution in [2.24, 2.45) is 0 Å². The monoisotopic (exact) mass is 443 g/mol. The second-order valence-electron chi connectivity index (χ2n) is 8.85. The van der Waals surface area contributed by atoms with Gasteiger partial charge in [-0.2, -0.15) is 5.10 Å². The van der Waals surface area contributed by atoms with Gasteiger partial charge in [0.2, 0.25) is 5.91 Å². The second-order valence-corrected chi connectivity index (χ2v) is 8.85. The van der Waals surface area contributed by atoms with Crippen LogP contribution in [0.1, 0.15) is 28.8 Å². The third-order valence-corrected chi connectivity index (χ3v) is 6.20. The minimum Gasteiger partial charge on any atom is -0.352 e. The van der Waals surface area contributed by atoms with Gasteiger partial charge >= 0.3 is 0 Å². The highest BCUT2D eigenvalue weighted by molar-refractivity contribution is 5.99. The molecular weight excluding hydrogens is 414 g/mol. The van der Waals surface area contributed by atoms with E-state index in [0.29, 0.717) is 56.6 Å². The Balaban J connectivity index is 1.30. The summed E-state index contributed by atoms with van der Waals surface area (Å²) in [7, 11) is 0. The molecule has 3 aromatic rings. The van der Waals surface area contributed by atoms with E-state index >= 15 is 0 Å². The molecule has 1 saturated heterocycles. The van der Waals surface area contributed by atoms with Crippen molar-refractivity contribution in [1.82, 2.24) is 24.9 Å². The van der Waals surface area contributed by atoms with Gasteiger partial charge < -0.3 is 10.2 Å². The van der Waals surface area contributed by atoms with Crippen LogP contribution in [0.5, 0.6) is 0 Å². The highest BCUT2D eigenvalue weighted by atomic mass is 16.2. The summed E-state index contributed by atoms with van der Waals surface area (Å²) in [5.41, 5.74) is 3.40. The zero-order valence-electron chi connectivity index (χ0n) is 18.7. The Morgan fingerprint density at radius 3 is 2.24 bits per heavy atom. The van der Waals surface area contributed by atoms with Crippen LogP contribution in [-0.2, 0) is 11.3 Å². The summed E-state index contributed by atoms with van der Waals surface area (Å²) in [5.74, 6) is 0.0843. The normalized spacial score (nSPS) is 16.5. The summed E-state index contributed by atoms with van der Waals surface area (Å²) in [6.45, 7) is 3.62. The lowest BCUT2D eigenvalue weighted by Gasteiger charge is -2.34. The first kappa shape index (κ1) is 21.4. The number of rotatable bonds is 7. The van der Waals surface area contributed by atoms with Gasteiger partial charge in [-0.15, -0.1) is 0 Å². The lowest BCUT2D eigenvalue weighted by Crippen LogP contribution is -2.51. The number of hydrogen-bond donors (Lipinski definition) is 1.